The van der Waals surface area contributed by atoms with Gasteiger partial charge in [-0.2, -0.15) is 5.10 Å². The summed E-state index contributed by atoms with van der Waals surface area (Å²) < 4.78 is 12.9. The van der Waals surface area contributed by atoms with E-state index in [1.807, 2.05) is 54.6 Å². The molecule has 0 radical (unpaired) electrons. The Morgan fingerprint density at radius 3 is 2.63 bits per heavy atom. The molecular formula is C27H28N4O4. The van der Waals surface area contributed by atoms with E-state index >= 15 is 0 Å². The average Bonchev–Trinajstić information content (AvgIpc) is 3.32. The van der Waals surface area contributed by atoms with Crippen LogP contribution in [0.4, 0.5) is 0 Å². The maximum Gasteiger partial charge on any atom is 0.252 e. The van der Waals surface area contributed by atoms with Crippen LogP contribution in [0.2, 0.25) is 0 Å². The van der Waals surface area contributed by atoms with Crippen molar-refractivity contribution in [2.75, 3.05) is 26.9 Å². The zero-order chi connectivity index (χ0) is 24.5. The predicted octanol–water partition coefficient (Wildman–Crippen LogP) is 3.56. The Bertz CT molecular complexity index is 1240. The van der Waals surface area contributed by atoms with Crippen LogP contribution in [0.3, 0.4) is 0 Å². The number of aliphatic hydroxyl groups is 1. The molecule has 2 aromatic carbocycles. The highest BCUT2D eigenvalue weighted by atomic mass is 16.5. The first kappa shape index (κ1) is 24.1. The van der Waals surface area contributed by atoms with E-state index < -0.39 is 0 Å². The fraction of sp³-hybridized carbons (Fsp3) is 0.222. The third-order valence-electron chi connectivity index (χ3n) is 5.37. The number of amides is 1. The molecule has 0 unspecified atom stereocenters. The fourth-order valence-electron chi connectivity index (χ4n) is 3.81. The molecular weight excluding hydrogens is 444 g/mol. The number of benzene rings is 2. The number of methoxy groups -OCH3 is 1. The van der Waals surface area contributed by atoms with Gasteiger partial charge in [0.15, 0.2) is 0 Å². The van der Waals surface area contributed by atoms with E-state index in [0.717, 1.165) is 17.0 Å². The second-order valence-corrected chi connectivity index (χ2v) is 7.78. The van der Waals surface area contributed by atoms with Crippen molar-refractivity contribution in [2.24, 2.45) is 0 Å². The summed E-state index contributed by atoms with van der Waals surface area (Å²) in [6.07, 6.45) is 2.35. The number of carbonyl (C=O) groups excluding carboxylic acids is 1. The molecule has 2 N–H and O–H groups in total. The summed E-state index contributed by atoms with van der Waals surface area (Å²) in [7, 11) is 1.61. The van der Waals surface area contributed by atoms with Crippen LogP contribution in [-0.2, 0) is 17.9 Å². The van der Waals surface area contributed by atoms with Gasteiger partial charge >= 0.3 is 0 Å². The number of aromatic nitrogens is 3. The topological polar surface area (TPSA) is 98.5 Å². The van der Waals surface area contributed by atoms with Gasteiger partial charge in [-0.05, 0) is 35.9 Å². The lowest BCUT2D eigenvalue weighted by Crippen LogP contribution is -2.26. The van der Waals surface area contributed by atoms with E-state index in [9.17, 15) is 9.90 Å². The number of pyridine rings is 1. The molecule has 4 aromatic rings. The first-order valence-electron chi connectivity index (χ1n) is 11.4. The normalized spacial score (nSPS) is 10.8. The van der Waals surface area contributed by atoms with Gasteiger partial charge in [0.1, 0.15) is 19.1 Å². The Morgan fingerprint density at radius 1 is 1.06 bits per heavy atom. The minimum absolute atomic E-state index is 0.0993. The summed E-state index contributed by atoms with van der Waals surface area (Å²) in [5, 5.41) is 17.0. The maximum atomic E-state index is 13.2. The van der Waals surface area contributed by atoms with Crippen molar-refractivity contribution >= 4 is 5.91 Å². The van der Waals surface area contributed by atoms with Gasteiger partial charge < -0.3 is 19.9 Å². The predicted molar refractivity (Wildman–Crippen MR) is 133 cm³/mol. The summed E-state index contributed by atoms with van der Waals surface area (Å²) in [5.74, 6) is 0.228. The third-order valence-corrected chi connectivity index (χ3v) is 5.37. The molecule has 8 nitrogen and oxygen atoms in total. The van der Waals surface area contributed by atoms with Crippen LogP contribution in [0, 0.1) is 0 Å². The Kier molecular flexibility index (Phi) is 8.21. The largest absolute Gasteiger partial charge is 0.490 e. The van der Waals surface area contributed by atoms with E-state index in [1.54, 1.807) is 36.2 Å². The molecule has 1 amide bonds. The first-order valence-corrected chi connectivity index (χ1v) is 11.4. The Labute approximate surface area is 204 Å². The number of ether oxygens (including phenoxy) is 2. The van der Waals surface area contributed by atoms with Crippen molar-refractivity contribution in [3.8, 4) is 28.3 Å². The summed E-state index contributed by atoms with van der Waals surface area (Å²) >= 11 is 0. The molecule has 2 heterocycles. The standard InChI is InChI=1S/C27H28N4O4/c1-34-19-31-24(20-8-3-2-4-9-20)18-23(30-31)26-22(11-7-12-25(26)35-17-16-32)27(33)29-15-13-21-10-5-6-14-28-21/h2-12,14,18,32H,13,15-17,19H2,1H3,(H,29,33). The molecule has 0 saturated heterocycles. The van der Waals surface area contributed by atoms with Crippen LogP contribution in [0.5, 0.6) is 5.75 Å². The van der Waals surface area contributed by atoms with E-state index in [4.69, 9.17) is 14.6 Å². The van der Waals surface area contributed by atoms with Gasteiger partial charge in [0.2, 0.25) is 0 Å². The maximum absolute atomic E-state index is 13.2. The second kappa shape index (κ2) is 11.9. The van der Waals surface area contributed by atoms with Gasteiger partial charge in [-0.3, -0.25) is 9.78 Å². The summed E-state index contributed by atoms with van der Waals surface area (Å²) in [4.78, 5) is 17.5. The van der Waals surface area contributed by atoms with Crippen LogP contribution in [-0.4, -0.2) is 52.6 Å². The van der Waals surface area contributed by atoms with Gasteiger partial charge in [-0.15, -0.1) is 0 Å². The summed E-state index contributed by atoms with van der Waals surface area (Å²) in [5.41, 5.74) is 4.29. The van der Waals surface area contributed by atoms with Crippen LogP contribution in [0.1, 0.15) is 16.1 Å². The van der Waals surface area contributed by atoms with Crippen LogP contribution >= 0.6 is 0 Å². The van der Waals surface area contributed by atoms with Gasteiger partial charge in [0.25, 0.3) is 5.91 Å². The molecule has 0 spiro atoms. The second-order valence-electron chi connectivity index (χ2n) is 7.78. The van der Waals surface area contributed by atoms with Gasteiger partial charge in [-0.1, -0.05) is 42.5 Å². The Morgan fingerprint density at radius 2 is 1.89 bits per heavy atom. The van der Waals surface area contributed by atoms with Gasteiger partial charge in [-0.25, -0.2) is 4.68 Å². The van der Waals surface area contributed by atoms with E-state index in [1.165, 1.54) is 0 Å². The highest BCUT2D eigenvalue weighted by Crippen LogP contribution is 2.35. The van der Waals surface area contributed by atoms with E-state index in [0.29, 0.717) is 35.5 Å². The average molecular weight is 473 g/mol. The monoisotopic (exact) mass is 472 g/mol. The van der Waals surface area contributed by atoms with Crippen molar-refractivity contribution < 1.29 is 19.4 Å². The molecule has 4 rings (SSSR count). The molecule has 0 atom stereocenters. The molecule has 0 saturated carbocycles. The summed E-state index contributed by atoms with van der Waals surface area (Å²) in [6.45, 7) is 0.634. The van der Waals surface area contributed by atoms with Crippen molar-refractivity contribution in [3.63, 3.8) is 0 Å². The zero-order valence-electron chi connectivity index (χ0n) is 19.6. The van der Waals surface area contributed by atoms with Gasteiger partial charge in [0.05, 0.1) is 29.1 Å². The quantitative estimate of drug-likeness (QED) is 0.346. The summed E-state index contributed by atoms with van der Waals surface area (Å²) in [6, 6.07) is 22.7. The van der Waals surface area contributed by atoms with Crippen LogP contribution < -0.4 is 10.1 Å². The number of hydrogen-bond acceptors (Lipinski definition) is 6. The minimum atomic E-state index is -0.243. The molecule has 0 fully saturated rings. The first-order chi connectivity index (χ1) is 17.2. The highest BCUT2D eigenvalue weighted by molar-refractivity contribution is 6.02. The third kappa shape index (κ3) is 5.92. The molecule has 2 aromatic heterocycles. The Balaban J connectivity index is 1.69. The lowest BCUT2D eigenvalue weighted by atomic mass is 10.0. The van der Waals surface area contributed by atoms with Crippen LogP contribution in [0.15, 0.2) is 79.0 Å². The zero-order valence-corrected chi connectivity index (χ0v) is 19.6. The smallest absolute Gasteiger partial charge is 0.252 e. The fourth-order valence-corrected chi connectivity index (χ4v) is 3.81. The van der Waals surface area contributed by atoms with Crippen LogP contribution in [0.25, 0.3) is 22.5 Å². The lowest BCUT2D eigenvalue weighted by Gasteiger charge is -2.14. The number of aliphatic hydroxyl groups excluding tert-OH is 1. The molecule has 35 heavy (non-hydrogen) atoms. The number of rotatable bonds is 11. The molecule has 0 aliphatic rings. The minimum Gasteiger partial charge on any atom is -0.490 e. The lowest BCUT2D eigenvalue weighted by molar-refractivity contribution is 0.0954. The van der Waals surface area contributed by atoms with Gasteiger partial charge in [0, 0.05) is 32.0 Å². The highest BCUT2D eigenvalue weighted by Gasteiger charge is 2.22. The number of carbonyl (C=O) groups is 1. The van der Waals surface area contributed by atoms with E-state index in [2.05, 4.69) is 10.3 Å². The molecule has 0 aliphatic heterocycles. The SMILES string of the molecule is COCn1nc(-c2c(OCCO)cccc2C(=O)NCCc2ccccn2)cc1-c1ccccc1. The van der Waals surface area contributed by atoms with E-state index in [-0.39, 0.29) is 25.9 Å². The Hall–Kier alpha value is -4.01. The number of nitrogens with one attached hydrogen (secondary N) is 1. The molecule has 0 bridgehead atoms. The van der Waals surface area contributed by atoms with Crippen molar-refractivity contribution in [3.05, 3.63) is 90.3 Å². The van der Waals surface area contributed by atoms with Crippen molar-refractivity contribution in [1.29, 1.82) is 0 Å². The molecule has 8 heteroatoms. The molecule has 180 valence electrons. The molecule has 0 aliphatic carbocycles. The van der Waals surface area contributed by atoms with Crippen molar-refractivity contribution in [1.82, 2.24) is 20.1 Å². The van der Waals surface area contributed by atoms with Crippen molar-refractivity contribution in [2.45, 2.75) is 13.2 Å². The number of hydrogen-bond donors (Lipinski definition) is 2. The number of nitrogens with zero attached hydrogens (tertiary/aromatic N) is 3.